The van der Waals surface area contributed by atoms with E-state index in [4.69, 9.17) is 9.90 Å². The number of unbranched alkanes of at least 4 members (excludes halogenated alkanes) is 1. The number of quaternary nitrogens is 1. The molecule has 3 rings (SSSR count). The molecule has 0 saturated heterocycles. The number of hydrogen-bond donors (Lipinski definition) is 1. The molecule has 0 atom stereocenters. The number of carbonyl (C=O) groups is 1. The summed E-state index contributed by atoms with van der Waals surface area (Å²) in [6.45, 7) is 25.8. The number of hydrogen-bond acceptors (Lipinski definition) is 2. The van der Waals surface area contributed by atoms with Crippen LogP contribution in [0.15, 0.2) is 54.6 Å². The average molecular weight is 546 g/mol. The highest BCUT2D eigenvalue weighted by Gasteiger charge is 2.23. The standard InChI is InChI=1S/C35H51N2.CH2O2/c1-9-37(10-2,26-35-22-31(7)17-32(8)23-35)14-12-11-13-36(24-33-18-27(3)15-28(4)19-33)25-34-20-29(5)16-30(6)21-34;2-1-3/h15-23H,9-14,24-26H2,1-8H3;1H,(H,2,3)/q+1;. The van der Waals surface area contributed by atoms with Crippen molar-refractivity contribution in [2.24, 2.45) is 0 Å². The van der Waals surface area contributed by atoms with Crippen molar-refractivity contribution in [3.8, 4) is 0 Å². The normalized spacial score (nSPS) is 11.3. The van der Waals surface area contributed by atoms with E-state index in [1.165, 1.54) is 87.0 Å². The smallest absolute Gasteiger partial charge is 0.290 e. The van der Waals surface area contributed by atoms with Crippen molar-refractivity contribution >= 4 is 6.47 Å². The molecule has 0 aromatic heterocycles. The summed E-state index contributed by atoms with van der Waals surface area (Å²) in [7, 11) is 0. The molecule has 0 radical (unpaired) electrons. The molecule has 0 aliphatic heterocycles. The summed E-state index contributed by atoms with van der Waals surface area (Å²) < 4.78 is 1.18. The van der Waals surface area contributed by atoms with Gasteiger partial charge < -0.3 is 9.59 Å². The van der Waals surface area contributed by atoms with Crippen molar-refractivity contribution in [1.82, 2.24) is 4.90 Å². The van der Waals surface area contributed by atoms with Crippen LogP contribution in [-0.4, -0.2) is 47.1 Å². The highest BCUT2D eigenvalue weighted by atomic mass is 16.3. The van der Waals surface area contributed by atoms with Gasteiger partial charge in [-0.3, -0.25) is 9.69 Å². The number of benzene rings is 3. The molecular weight excluding hydrogens is 492 g/mol. The number of aryl methyl sites for hydroxylation is 6. The number of nitrogens with zero attached hydrogens (tertiary/aromatic N) is 2. The maximum absolute atomic E-state index is 8.36. The zero-order valence-electron chi connectivity index (χ0n) is 26.4. The van der Waals surface area contributed by atoms with Gasteiger partial charge in [-0.25, -0.2) is 0 Å². The van der Waals surface area contributed by atoms with Crippen molar-refractivity contribution in [2.45, 2.75) is 87.9 Å². The van der Waals surface area contributed by atoms with E-state index in [2.05, 4.69) is 115 Å². The van der Waals surface area contributed by atoms with Gasteiger partial charge in [-0.1, -0.05) is 88.0 Å². The fourth-order valence-corrected chi connectivity index (χ4v) is 6.22. The molecular formula is C36H53N2O2+. The van der Waals surface area contributed by atoms with Crippen LogP contribution >= 0.6 is 0 Å². The average Bonchev–Trinajstić information content (AvgIpc) is 2.84. The molecule has 0 amide bonds. The van der Waals surface area contributed by atoms with E-state index in [1.54, 1.807) is 0 Å². The van der Waals surface area contributed by atoms with E-state index >= 15 is 0 Å². The van der Waals surface area contributed by atoms with Crippen LogP contribution in [0.2, 0.25) is 0 Å². The first-order valence-corrected chi connectivity index (χ1v) is 14.9. The number of carboxylic acid groups (broad SMARTS) is 1. The monoisotopic (exact) mass is 545 g/mol. The van der Waals surface area contributed by atoms with Gasteiger partial charge in [0.2, 0.25) is 0 Å². The third-order valence-electron chi connectivity index (χ3n) is 7.87. The Morgan fingerprint density at radius 2 is 0.975 bits per heavy atom. The van der Waals surface area contributed by atoms with Gasteiger partial charge in [0, 0.05) is 18.7 Å². The Balaban J connectivity index is 0.00000178. The molecule has 3 aromatic carbocycles. The summed E-state index contributed by atoms with van der Waals surface area (Å²) >= 11 is 0. The van der Waals surface area contributed by atoms with Gasteiger partial charge in [0.1, 0.15) is 6.54 Å². The van der Waals surface area contributed by atoms with Crippen LogP contribution in [0.5, 0.6) is 0 Å². The second-order valence-corrected chi connectivity index (χ2v) is 11.9. The fraction of sp³-hybridized carbons (Fsp3) is 0.472. The molecule has 4 nitrogen and oxygen atoms in total. The quantitative estimate of drug-likeness (QED) is 0.134. The molecule has 0 unspecified atom stereocenters. The summed E-state index contributed by atoms with van der Waals surface area (Å²) in [4.78, 5) is 11.0. The maximum Gasteiger partial charge on any atom is 0.290 e. The lowest BCUT2D eigenvalue weighted by atomic mass is 10.0. The zero-order valence-corrected chi connectivity index (χ0v) is 26.4. The third kappa shape index (κ3) is 11.3. The van der Waals surface area contributed by atoms with Crippen LogP contribution in [0.25, 0.3) is 0 Å². The van der Waals surface area contributed by atoms with E-state index in [0.29, 0.717) is 0 Å². The Morgan fingerprint density at radius 1 is 0.625 bits per heavy atom. The Bertz CT molecular complexity index is 1100. The second-order valence-electron chi connectivity index (χ2n) is 11.9. The van der Waals surface area contributed by atoms with Crippen LogP contribution in [0.1, 0.15) is 76.8 Å². The highest BCUT2D eigenvalue weighted by Crippen LogP contribution is 2.20. The minimum Gasteiger partial charge on any atom is -0.483 e. The zero-order chi connectivity index (χ0) is 29.7. The van der Waals surface area contributed by atoms with Crippen LogP contribution in [-0.2, 0) is 24.4 Å². The topological polar surface area (TPSA) is 40.5 Å². The fourth-order valence-electron chi connectivity index (χ4n) is 6.22. The molecule has 0 spiro atoms. The minimum absolute atomic E-state index is 0.250. The highest BCUT2D eigenvalue weighted by molar-refractivity contribution is 5.33. The summed E-state index contributed by atoms with van der Waals surface area (Å²) in [6.07, 6.45) is 2.51. The Morgan fingerprint density at radius 3 is 1.32 bits per heavy atom. The van der Waals surface area contributed by atoms with Crippen LogP contribution < -0.4 is 0 Å². The summed E-state index contributed by atoms with van der Waals surface area (Å²) in [5.74, 6) is 0. The van der Waals surface area contributed by atoms with Gasteiger partial charge in [-0.15, -0.1) is 0 Å². The van der Waals surface area contributed by atoms with E-state index in [-0.39, 0.29) is 6.47 Å². The van der Waals surface area contributed by atoms with Crippen molar-refractivity contribution in [3.05, 3.63) is 105 Å². The van der Waals surface area contributed by atoms with Crippen LogP contribution in [0.3, 0.4) is 0 Å². The first-order valence-electron chi connectivity index (χ1n) is 14.9. The van der Waals surface area contributed by atoms with Crippen LogP contribution in [0.4, 0.5) is 0 Å². The molecule has 0 bridgehead atoms. The van der Waals surface area contributed by atoms with Gasteiger partial charge >= 0.3 is 0 Å². The van der Waals surface area contributed by atoms with E-state index < -0.39 is 0 Å². The van der Waals surface area contributed by atoms with Gasteiger partial charge in [-0.05, 0) is 85.9 Å². The number of rotatable bonds is 13. The first kappa shape index (κ1) is 33.3. The van der Waals surface area contributed by atoms with E-state index in [9.17, 15) is 0 Å². The summed E-state index contributed by atoms with van der Waals surface area (Å²) in [6, 6.07) is 21.1. The first-order chi connectivity index (χ1) is 19.0. The van der Waals surface area contributed by atoms with Gasteiger partial charge in [0.15, 0.2) is 0 Å². The van der Waals surface area contributed by atoms with Crippen LogP contribution in [0, 0.1) is 41.5 Å². The van der Waals surface area contributed by atoms with Gasteiger partial charge in [-0.2, -0.15) is 0 Å². The van der Waals surface area contributed by atoms with Crippen molar-refractivity contribution in [3.63, 3.8) is 0 Å². The molecule has 3 aromatic rings. The summed E-state index contributed by atoms with van der Waals surface area (Å²) in [5, 5.41) is 6.89. The van der Waals surface area contributed by atoms with Crippen molar-refractivity contribution in [2.75, 3.05) is 26.2 Å². The Labute approximate surface area is 244 Å². The molecule has 0 heterocycles. The molecule has 40 heavy (non-hydrogen) atoms. The van der Waals surface area contributed by atoms with E-state index in [0.717, 1.165) is 26.2 Å². The van der Waals surface area contributed by atoms with E-state index in [1.807, 2.05) is 0 Å². The molecule has 0 aliphatic carbocycles. The largest absolute Gasteiger partial charge is 0.483 e. The molecule has 0 aliphatic rings. The Hall–Kier alpha value is -2.95. The molecule has 218 valence electrons. The minimum atomic E-state index is -0.250. The predicted molar refractivity (Wildman–Crippen MR) is 170 cm³/mol. The SMILES string of the molecule is CC[N+](CC)(CCCCN(Cc1cc(C)cc(C)c1)Cc1cc(C)cc(C)c1)Cc1cc(C)cc(C)c1.O=CO. The lowest BCUT2D eigenvalue weighted by Crippen LogP contribution is -2.47. The Kier molecular flexibility index (Phi) is 13.6. The lowest BCUT2D eigenvalue weighted by molar-refractivity contribution is -0.938. The molecule has 4 heteroatoms. The molecule has 0 saturated carbocycles. The van der Waals surface area contributed by atoms with Crippen molar-refractivity contribution < 1.29 is 14.4 Å². The molecule has 1 N–H and O–H groups in total. The van der Waals surface area contributed by atoms with Gasteiger partial charge in [0.05, 0.1) is 19.6 Å². The molecule has 0 fully saturated rings. The predicted octanol–water partition coefficient (Wildman–Crippen LogP) is 8.08. The summed E-state index contributed by atoms with van der Waals surface area (Å²) in [5.41, 5.74) is 12.6. The third-order valence-corrected chi connectivity index (χ3v) is 7.87. The van der Waals surface area contributed by atoms with Gasteiger partial charge in [0.25, 0.3) is 6.47 Å². The maximum atomic E-state index is 8.36. The van der Waals surface area contributed by atoms with Crippen molar-refractivity contribution in [1.29, 1.82) is 0 Å². The second kappa shape index (κ2) is 16.3. The lowest BCUT2D eigenvalue weighted by Gasteiger charge is -2.37.